The van der Waals surface area contributed by atoms with Crippen LogP contribution in [-0.4, -0.2) is 13.1 Å². The molecule has 92 valence electrons. The van der Waals surface area contributed by atoms with Crippen molar-refractivity contribution in [3.05, 3.63) is 29.8 Å². The second kappa shape index (κ2) is 3.51. The zero-order valence-corrected chi connectivity index (χ0v) is 11.4. The maximum Gasteiger partial charge on any atom is 0.0366 e. The number of hydrogen-bond donors (Lipinski definition) is 0. The van der Waals surface area contributed by atoms with Crippen LogP contribution in [0.1, 0.15) is 26.3 Å². The first-order valence-corrected chi connectivity index (χ1v) is 6.78. The van der Waals surface area contributed by atoms with Gasteiger partial charge >= 0.3 is 0 Å². The van der Waals surface area contributed by atoms with E-state index in [0.29, 0.717) is 5.41 Å². The van der Waals surface area contributed by atoms with Crippen LogP contribution in [0.3, 0.4) is 0 Å². The number of fused-ring (bicyclic) bond motifs is 1. The fourth-order valence-electron chi connectivity index (χ4n) is 3.78. The molecule has 2 fully saturated rings. The minimum Gasteiger partial charge on any atom is -0.371 e. The van der Waals surface area contributed by atoms with Gasteiger partial charge in [-0.1, -0.05) is 38.5 Å². The fourth-order valence-corrected chi connectivity index (χ4v) is 3.78. The molecule has 1 heterocycles. The summed E-state index contributed by atoms with van der Waals surface area (Å²) in [6.45, 7) is 11.9. The van der Waals surface area contributed by atoms with Crippen LogP contribution < -0.4 is 4.90 Å². The van der Waals surface area contributed by atoms with Crippen LogP contribution in [0, 0.1) is 30.1 Å². The summed E-state index contributed by atoms with van der Waals surface area (Å²) in [5.41, 5.74) is 3.27. The molecule has 1 saturated carbocycles. The van der Waals surface area contributed by atoms with E-state index in [1.54, 1.807) is 0 Å². The molecule has 2 atom stereocenters. The summed E-state index contributed by atoms with van der Waals surface area (Å²) in [6.07, 6.45) is 0. The predicted octanol–water partition coefficient (Wildman–Crippen LogP) is 3.72. The van der Waals surface area contributed by atoms with Crippen molar-refractivity contribution in [2.45, 2.75) is 27.7 Å². The van der Waals surface area contributed by atoms with Crippen molar-refractivity contribution in [2.24, 2.45) is 23.2 Å². The van der Waals surface area contributed by atoms with E-state index in [9.17, 15) is 0 Å². The SMILES string of the molecule is Cc1ccc(N2CC3C(C2)C3C(C)(C)C)cc1. The molecule has 3 rings (SSSR count). The van der Waals surface area contributed by atoms with E-state index in [2.05, 4.69) is 56.9 Å². The highest BCUT2D eigenvalue weighted by molar-refractivity contribution is 5.50. The number of benzene rings is 1. The van der Waals surface area contributed by atoms with Gasteiger partial charge in [0, 0.05) is 18.8 Å². The molecule has 2 aliphatic rings. The van der Waals surface area contributed by atoms with E-state index < -0.39 is 0 Å². The first-order chi connectivity index (χ1) is 7.97. The third kappa shape index (κ3) is 1.86. The Bertz CT molecular complexity index is 400. The Hall–Kier alpha value is -0.980. The average molecular weight is 229 g/mol. The number of aryl methyl sites for hydroxylation is 1. The van der Waals surface area contributed by atoms with E-state index in [-0.39, 0.29) is 0 Å². The summed E-state index contributed by atoms with van der Waals surface area (Å²) >= 11 is 0. The monoisotopic (exact) mass is 229 g/mol. The maximum absolute atomic E-state index is 2.57. The number of anilines is 1. The molecule has 0 aromatic heterocycles. The van der Waals surface area contributed by atoms with E-state index in [1.807, 2.05) is 0 Å². The van der Waals surface area contributed by atoms with Crippen LogP contribution >= 0.6 is 0 Å². The fraction of sp³-hybridized carbons (Fsp3) is 0.625. The van der Waals surface area contributed by atoms with Crippen LogP contribution in [-0.2, 0) is 0 Å². The largest absolute Gasteiger partial charge is 0.371 e. The second-order valence-electron chi connectivity index (χ2n) is 6.96. The summed E-state index contributed by atoms with van der Waals surface area (Å²) in [5.74, 6) is 2.87. The molecule has 17 heavy (non-hydrogen) atoms. The Balaban J connectivity index is 1.67. The van der Waals surface area contributed by atoms with Crippen LogP contribution in [0.5, 0.6) is 0 Å². The predicted molar refractivity (Wildman–Crippen MR) is 73.3 cm³/mol. The molecule has 1 nitrogen and oxygen atoms in total. The van der Waals surface area contributed by atoms with Crippen molar-refractivity contribution >= 4 is 5.69 Å². The van der Waals surface area contributed by atoms with Crippen LogP contribution in [0.2, 0.25) is 0 Å². The Labute approximate surface area is 105 Å². The number of piperidine rings is 1. The van der Waals surface area contributed by atoms with Gasteiger partial charge in [-0.3, -0.25) is 0 Å². The molecule has 0 bridgehead atoms. The molecule has 1 heteroatoms. The van der Waals surface area contributed by atoms with E-state index >= 15 is 0 Å². The summed E-state index contributed by atoms with van der Waals surface area (Å²) < 4.78 is 0. The summed E-state index contributed by atoms with van der Waals surface area (Å²) in [4.78, 5) is 2.57. The van der Waals surface area contributed by atoms with Gasteiger partial charge in [-0.2, -0.15) is 0 Å². The molecule has 1 aliphatic carbocycles. The summed E-state index contributed by atoms with van der Waals surface area (Å²) in [5, 5.41) is 0. The standard InChI is InChI=1S/C16H23N/c1-11-5-7-12(8-6-11)17-9-13-14(10-17)15(13)16(2,3)4/h5-8,13-15H,9-10H2,1-4H3. The molecule has 1 aliphatic heterocycles. The molecule has 0 amide bonds. The molecular weight excluding hydrogens is 206 g/mol. The van der Waals surface area contributed by atoms with Gasteiger partial charge in [-0.15, -0.1) is 0 Å². The summed E-state index contributed by atoms with van der Waals surface area (Å²) in [6, 6.07) is 8.99. The van der Waals surface area contributed by atoms with Gasteiger partial charge in [-0.25, -0.2) is 0 Å². The Morgan fingerprint density at radius 3 is 2.00 bits per heavy atom. The third-order valence-electron chi connectivity index (χ3n) is 4.59. The normalized spacial score (nSPS) is 31.5. The van der Waals surface area contributed by atoms with Crippen LogP contribution in [0.15, 0.2) is 24.3 Å². The smallest absolute Gasteiger partial charge is 0.0366 e. The molecule has 1 aromatic carbocycles. The molecular formula is C16H23N. The molecule has 1 aromatic rings. The van der Waals surface area contributed by atoms with Gasteiger partial charge in [-0.05, 0) is 42.2 Å². The minimum atomic E-state index is 0.509. The Morgan fingerprint density at radius 1 is 1.00 bits per heavy atom. The zero-order valence-electron chi connectivity index (χ0n) is 11.4. The topological polar surface area (TPSA) is 3.24 Å². The lowest BCUT2D eigenvalue weighted by atomic mass is 9.87. The number of rotatable bonds is 1. The number of hydrogen-bond acceptors (Lipinski definition) is 1. The van der Waals surface area contributed by atoms with Crippen molar-refractivity contribution in [1.29, 1.82) is 0 Å². The Kier molecular flexibility index (Phi) is 2.30. The van der Waals surface area contributed by atoms with E-state index in [4.69, 9.17) is 0 Å². The summed E-state index contributed by atoms with van der Waals surface area (Å²) in [7, 11) is 0. The average Bonchev–Trinajstić information content (AvgIpc) is 2.78. The Morgan fingerprint density at radius 2 is 1.53 bits per heavy atom. The van der Waals surface area contributed by atoms with Crippen molar-refractivity contribution in [3.63, 3.8) is 0 Å². The highest BCUT2D eigenvalue weighted by atomic mass is 15.2. The zero-order chi connectivity index (χ0) is 12.2. The van der Waals surface area contributed by atoms with Crippen LogP contribution in [0.25, 0.3) is 0 Å². The van der Waals surface area contributed by atoms with Crippen molar-refractivity contribution in [2.75, 3.05) is 18.0 Å². The van der Waals surface area contributed by atoms with Gasteiger partial charge in [0.2, 0.25) is 0 Å². The van der Waals surface area contributed by atoms with Crippen LogP contribution in [0.4, 0.5) is 5.69 Å². The highest BCUT2D eigenvalue weighted by Crippen LogP contribution is 2.60. The lowest BCUT2D eigenvalue weighted by Crippen LogP contribution is -2.27. The first-order valence-electron chi connectivity index (χ1n) is 6.78. The van der Waals surface area contributed by atoms with Crippen molar-refractivity contribution in [1.82, 2.24) is 0 Å². The lowest BCUT2D eigenvalue weighted by Gasteiger charge is -2.27. The van der Waals surface area contributed by atoms with Crippen molar-refractivity contribution < 1.29 is 0 Å². The van der Waals surface area contributed by atoms with Gasteiger partial charge in [0.05, 0.1) is 0 Å². The quantitative estimate of drug-likeness (QED) is 0.709. The highest BCUT2D eigenvalue weighted by Gasteiger charge is 2.59. The molecule has 0 radical (unpaired) electrons. The van der Waals surface area contributed by atoms with Gasteiger partial charge in [0.15, 0.2) is 0 Å². The van der Waals surface area contributed by atoms with Gasteiger partial charge < -0.3 is 4.90 Å². The van der Waals surface area contributed by atoms with Gasteiger partial charge in [0.25, 0.3) is 0 Å². The first kappa shape index (κ1) is 11.1. The molecule has 1 saturated heterocycles. The van der Waals surface area contributed by atoms with Crippen molar-refractivity contribution in [3.8, 4) is 0 Å². The van der Waals surface area contributed by atoms with E-state index in [1.165, 1.54) is 24.3 Å². The molecule has 2 unspecified atom stereocenters. The number of nitrogens with zero attached hydrogens (tertiary/aromatic N) is 1. The third-order valence-corrected chi connectivity index (χ3v) is 4.59. The molecule has 0 N–H and O–H groups in total. The van der Waals surface area contributed by atoms with Gasteiger partial charge in [0.1, 0.15) is 0 Å². The van der Waals surface area contributed by atoms with E-state index in [0.717, 1.165) is 17.8 Å². The molecule has 0 spiro atoms. The lowest BCUT2D eigenvalue weighted by molar-refractivity contribution is 0.309. The minimum absolute atomic E-state index is 0.509. The second-order valence-corrected chi connectivity index (χ2v) is 6.96. The maximum atomic E-state index is 2.57.